The van der Waals surface area contributed by atoms with Crippen molar-refractivity contribution in [2.24, 2.45) is 17.8 Å². The number of amides is 1. The van der Waals surface area contributed by atoms with Crippen LogP contribution in [0.4, 0.5) is 18.9 Å². The third-order valence-corrected chi connectivity index (χ3v) is 9.49. The Morgan fingerprint density at radius 3 is 2.53 bits per heavy atom. The summed E-state index contributed by atoms with van der Waals surface area (Å²) >= 11 is 8.24. The van der Waals surface area contributed by atoms with E-state index >= 15 is 0 Å². The summed E-state index contributed by atoms with van der Waals surface area (Å²) in [7, 11) is 0. The number of aryl methyl sites for hydroxylation is 1. The molecule has 1 aliphatic carbocycles. The molecule has 38 heavy (non-hydrogen) atoms. The molecule has 1 aromatic heterocycles. The van der Waals surface area contributed by atoms with E-state index in [1.54, 1.807) is 30.0 Å². The molecule has 0 aliphatic heterocycles. The number of pyridine rings is 1. The van der Waals surface area contributed by atoms with Crippen molar-refractivity contribution in [2.45, 2.75) is 62.5 Å². The van der Waals surface area contributed by atoms with E-state index in [1.165, 1.54) is 18.4 Å². The van der Waals surface area contributed by atoms with Crippen LogP contribution in [-0.2, 0) is 6.42 Å². The van der Waals surface area contributed by atoms with Crippen LogP contribution < -0.4 is 5.32 Å². The van der Waals surface area contributed by atoms with Crippen molar-refractivity contribution in [2.75, 3.05) is 5.32 Å². The zero-order chi connectivity index (χ0) is 27.2. The Morgan fingerprint density at radius 2 is 1.82 bits per heavy atom. The summed E-state index contributed by atoms with van der Waals surface area (Å²) in [4.78, 5) is 17.7. The quantitative estimate of drug-likeness (QED) is 0.252. The minimum Gasteiger partial charge on any atom is -0.322 e. The first-order chi connectivity index (χ1) is 18.2. The molecule has 0 spiro atoms. The van der Waals surface area contributed by atoms with Crippen molar-refractivity contribution < 1.29 is 18.0 Å². The van der Waals surface area contributed by atoms with Gasteiger partial charge in [0.1, 0.15) is 0 Å². The van der Waals surface area contributed by atoms with Crippen molar-refractivity contribution >= 4 is 35.0 Å². The van der Waals surface area contributed by atoms with Crippen LogP contribution in [0.5, 0.6) is 0 Å². The van der Waals surface area contributed by atoms with Gasteiger partial charge >= 0.3 is 0 Å². The van der Waals surface area contributed by atoms with Gasteiger partial charge < -0.3 is 5.32 Å². The molecule has 1 fully saturated rings. The molecule has 202 valence electrons. The number of hydrogen-bond acceptors (Lipinski definition) is 3. The van der Waals surface area contributed by atoms with Gasteiger partial charge in [0.2, 0.25) is 0 Å². The molecule has 3 nitrogen and oxygen atoms in total. The lowest BCUT2D eigenvalue weighted by molar-refractivity contribution is 0.102. The number of thioether (sulfide) groups is 1. The highest BCUT2D eigenvalue weighted by molar-refractivity contribution is 8.00. The number of halogens is 4. The predicted octanol–water partition coefficient (Wildman–Crippen LogP) is 8.96. The van der Waals surface area contributed by atoms with E-state index in [2.05, 4.69) is 36.3 Å². The van der Waals surface area contributed by atoms with Crippen LogP contribution in [-0.4, -0.2) is 16.1 Å². The monoisotopic (exact) mass is 560 g/mol. The molecule has 0 bridgehead atoms. The van der Waals surface area contributed by atoms with Crippen LogP contribution in [0.25, 0.3) is 0 Å². The molecule has 1 aliphatic rings. The summed E-state index contributed by atoms with van der Waals surface area (Å²) in [5.41, 5.74) is 1.48. The fourth-order valence-corrected chi connectivity index (χ4v) is 7.01. The number of rotatable bonds is 10. The van der Waals surface area contributed by atoms with Crippen LogP contribution in [0.2, 0.25) is 5.02 Å². The Hall–Kier alpha value is -2.51. The topological polar surface area (TPSA) is 42.0 Å². The number of nitrogens with zero attached hydrogens (tertiary/aromatic N) is 1. The smallest absolute Gasteiger partial charge is 0.255 e. The number of carbonyl (C=O) groups is 1. The molecule has 2 aromatic carbocycles. The molecule has 3 aromatic rings. The second-order valence-electron chi connectivity index (χ2n) is 10.3. The second kappa shape index (κ2) is 13.0. The van der Waals surface area contributed by atoms with Gasteiger partial charge in [0.25, 0.3) is 5.91 Å². The van der Waals surface area contributed by atoms with Crippen LogP contribution in [0, 0.1) is 35.2 Å². The average Bonchev–Trinajstić information content (AvgIpc) is 3.22. The van der Waals surface area contributed by atoms with Crippen molar-refractivity contribution in [3.63, 3.8) is 0 Å². The fourth-order valence-electron chi connectivity index (χ4n) is 5.29. The van der Waals surface area contributed by atoms with E-state index in [0.29, 0.717) is 33.6 Å². The van der Waals surface area contributed by atoms with Crippen LogP contribution in [0.15, 0.2) is 59.8 Å². The first kappa shape index (κ1) is 28.5. The van der Waals surface area contributed by atoms with Crippen LogP contribution in [0.3, 0.4) is 0 Å². The zero-order valence-corrected chi connectivity index (χ0v) is 23.1. The van der Waals surface area contributed by atoms with Gasteiger partial charge in [-0.3, -0.25) is 9.78 Å². The van der Waals surface area contributed by atoms with Crippen molar-refractivity contribution in [1.29, 1.82) is 0 Å². The second-order valence-corrected chi connectivity index (χ2v) is 12.0. The minimum atomic E-state index is -1.57. The molecular formula is C30H32ClF3N2OS. The highest BCUT2D eigenvalue weighted by Crippen LogP contribution is 2.47. The largest absolute Gasteiger partial charge is 0.322 e. The van der Waals surface area contributed by atoms with Gasteiger partial charge in [0, 0.05) is 45.9 Å². The number of hydrogen-bond donors (Lipinski definition) is 1. The van der Waals surface area contributed by atoms with E-state index in [4.69, 9.17) is 11.6 Å². The van der Waals surface area contributed by atoms with Gasteiger partial charge in [0.15, 0.2) is 17.5 Å². The summed E-state index contributed by atoms with van der Waals surface area (Å²) in [6, 6.07) is 10.6. The molecule has 4 atom stereocenters. The Balaban J connectivity index is 1.38. The van der Waals surface area contributed by atoms with E-state index in [0.717, 1.165) is 42.7 Å². The van der Waals surface area contributed by atoms with E-state index in [9.17, 15) is 18.0 Å². The summed E-state index contributed by atoms with van der Waals surface area (Å²) in [6.45, 7) is 4.60. The molecule has 1 N–H and O–H groups in total. The Bertz CT molecular complexity index is 1240. The van der Waals surface area contributed by atoms with E-state index < -0.39 is 23.4 Å². The van der Waals surface area contributed by atoms with E-state index in [-0.39, 0.29) is 5.69 Å². The maximum absolute atomic E-state index is 13.6. The molecular weight excluding hydrogens is 529 g/mol. The Labute approximate surface area is 231 Å². The number of benzene rings is 2. The lowest BCUT2D eigenvalue weighted by Crippen LogP contribution is -2.19. The first-order valence-corrected chi connectivity index (χ1v) is 14.3. The van der Waals surface area contributed by atoms with Crippen molar-refractivity contribution in [3.05, 3.63) is 88.5 Å². The lowest BCUT2D eigenvalue weighted by atomic mass is 9.89. The molecule has 1 amide bonds. The fraction of sp³-hybridized carbons (Fsp3) is 0.400. The predicted molar refractivity (Wildman–Crippen MR) is 148 cm³/mol. The molecule has 4 unspecified atom stereocenters. The van der Waals surface area contributed by atoms with Gasteiger partial charge in [-0.25, -0.2) is 13.2 Å². The molecule has 1 saturated carbocycles. The van der Waals surface area contributed by atoms with Gasteiger partial charge in [-0.1, -0.05) is 31.9 Å². The third kappa shape index (κ3) is 7.32. The number of nitrogens with one attached hydrogen (secondary N) is 1. The molecule has 0 radical (unpaired) electrons. The molecule has 0 saturated heterocycles. The highest BCUT2D eigenvalue weighted by atomic mass is 35.5. The minimum absolute atomic E-state index is 0.155. The Kier molecular flexibility index (Phi) is 9.77. The summed E-state index contributed by atoms with van der Waals surface area (Å²) in [6.07, 6.45) is 10.5. The zero-order valence-electron chi connectivity index (χ0n) is 21.5. The van der Waals surface area contributed by atoms with Crippen molar-refractivity contribution in [3.8, 4) is 0 Å². The summed E-state index contributed by atoms with van der Waals surface area (Å²) in [5.74, 6) is -3.15. The Morgan fingerprint density at radius 1 is 1.11 bits per heavy atom. The first-order valence-electron chi connectivity index (χ1n) is 13.0. The van der Waals surface area contributed by atoms with Crippen LogP contribution in [0.1, 0.15) is 61.9 Å². The average molecular weight is 561 g/mol. The van der Waals surface area contributed by atoms with Gasteiger partial charge in [-0.2, -0.15) is 0 Å². The standard InChI is InChI=1S/C30H32ClF3N2OS/c1-18(4-3-5-20-10-12-35-13-11-20)14-21-7-6-19(2)29(21)38-27-15-22(8-9-24(27)31)30(37)36-23-16-25(32)28(34)26(33)17-23/h8-13,15-19,21,29H,3-7,14H2,1-2H3,(H,36,37). The molecule has 8 heteroatoms. The lowest BCUT2D eigenvalue weighted by Gasteiger charge is -2.25. The van der Waals surface area contributed by atoms with E-state index in [1.807, 2.05) is 12.4 Å². The van der Waals surface area contributed by atoms with Crippen molar-refractivity contribution in [1.82, 2.24) is 4.98 Å². The maximum Gasteiger partial charge on any atom is 0.255 e. The molecule has 4 rings (SSSR count). The van der Waals surface area contributed by atoms with Gasteiger partial charge in [-0.15, -0.1) is 11.8 Å². The van der Waals surface area contributed by atoms with Crippen LogP contribution >= 0.6 is 23.4 Å². The number of carbonyl (C=O) groups excluding carboxylic acids is 1. The highest BCUT2D eigenvalue weighted by Gasteiger charge is 2.35. The van der Waals surface area contributed by atoms with Gasteiger partial charge in [0.05, 0.1) is 5.02 Å². The maximum atomic E-state index is 13.6. The number of anilines is 1. The normalized spacial score (nSPS) is 19.9. The third-order valence-electron chi connectivity index (χ3n) is 7.33. The molecule has 1 heterocycles. The number of aromatic nitrogens is 1. The summed E-state index contributed by atoms with van der Waals surface area (Å²) in [5, 5.41) is 3.39. The SMILES string of the molecule is CC(CCCc1ccncc1)CC1CCC(C)C1Sc1cc(C(=O)Nc2cc(F)c(F)c(F)c2)ccc1Cl. The van der Waals surface area contributed by atoms with Gasteiger partial charge in [-0.05, 0) is 85.8 Å². The summed E-state index contributed by atoms with van der Waals surface area (Å²) < 4.78 is 40.4.